The zero-order chi connectivity index (χ0) is 21.5. The number of nitrogens with one attached hydrogen (secondary N) is 3. The Morgan fingerprint density at radius 3 is 2.77 bits per heavy atom. The van der Waals surface area contributed by atoms with E-state index in [1.165, 1.54) is 0 Å². The highest BCUT2D eigenvalue weighted by Crippen LogP contribution is 2.39. The van der Waals surface area contributed by atoms with Crippen LogP contribution in [0.5, 0.6) is 0 Å². The Hall–Kier alpha value is -0.840. The van der Waals surface area contributed by atoms with Gasteiger partial charge in [-0.15, -0.1) is 0 Å². The van der Waals surface area contributed by atoms with Crippen molar-refractivity contribution in [2.45, 2.75) is 63.8 Å². The normalized spacial score (nSPS) is 45.3. The van der Waals surface area contributed by atoms with Crippen LogP contribution in [0.1, 0.15) is 33.6 Å². The molecule has 172 valence electrons. The molecule has 5 rings (SSSR count). The van der Waals surface area contributed by atoms with Crippen molar-refractivity contribution in [3.05, 3.63) is 0 Å². The molecule has 5 aliphatic rings. The minimum atomic E-state index is -0.904. The van der Waals surface area contributed by atoms with Gasteiger partial charge in [0.05, 0.1) is 18.1 Å². The predicted molar refractivity (Wildman–Crippen MR) is 113 cm³/mol. The molecule has 1 amide bonds. The van der Waals surface area contributed by atoms with Crippen LogP contribution in [0.4, 0.5) is 4.39 Å². The van der Waals surface area contributed by atoms with E-state index in [-0.39, 0.29) is 35.8 Å². The summed E-state index contributed by atoms with van der Waals surface area (Å²) in [5.74, 6) is 0.197. The third-order valence-corrected chi connectivity index (χ3v) is 7.55. The quantitative estimate of drug-likeness (QED) is 0.573. The fourth-order valence-electron chi connectivity index (χ4n) is 6.09. The smallest absolute Gasteiger partial charge is 0.224 e. The number of nitrogens with zero attached hydrogens (tertiary/aromatic N) is 3. The van der Waals surface area contributed by atoms with Crippen LogP contribution >= 0.6 is 0 Å². The van der Waals surface area contributed by atoms with E-state index in [0.717, 1.165) is 32.7 Å². The highest BCUT2D eigenvalue weighted by atomic mass is 19.1. The molecule has 5 fully saturated rings. The molecule has 4 saturated heterocycles. The molecular formula is C21H39FN6O2. The monoisotopic (exact) mass is 426 g/mol. The van der Waals surface area contributed by atoms with Crippen LogP contribution in [-0.2, 0) is 9.53 Å². The van der Waals surface area contributed by atoms with E-state index in [1.807, 2.05) is 13.8 Å². The average Bonchev–Trinajstić information content (AvgIpc) is 3.29. The highest BCUT2D eigenvalue weighted by Gasteiger charge is 2.54. The third kappa shape index (κ3) is 4.00. The van der Waals surface area contributed by atoms with Gasteiger partial charge in [0.25, 0.3) is 0 Å². The SMILES string of the molecule is CC.CN1CC([C@]2(C)CN(C3NC4CC(F)CC5C(=O)NCCN3C45)CCO2)CN1. The zero-order valence-electron chi connectivity index (χ0n) is 18.9. The van der Waals surface area contributed by atoms with Gasteiger partial charge in [-0.3, -0.25) is 25.3 Å². The molecular weight excluding hydrogens is 387 g/mol. The van der Waals surface area contributed by atoms with Gasteiger partial charge in [-0.25, -0.2) is 9.40 Å². The second kappa shape index (κ2) is 8.96. The fourth-order valence-corrected chi connectivity index (χ4v) is 6.09. The molecule has 1 saturated carbocycles. The van der Waals surface area contributed by atoms with E-state index in [2.05, 4.69) is 44.8 Å². The Morgan fingerprint density at radius 2 is 2.03 bits per heavy atom. The van der Waals surface area contributed by atoms with Crippen LogP contribution in [0.3, 0.4) is 0 Å². The lowest BCUT2D eigenvalue weighted by Crippen LogP contribution is -2.63. The maximum atomic E-state index is 14.4. The van der Waals surface area contributed by atoms with Crippen LogP contribution in [0.2, 0.25) is 0 Å². The Balaban J connectivity index is 0.00000106. The van der Waals surface area contributed by atoms with Gasteiger partial charge in [-0.1, -0.05) is 13.8 Å². The first-order valence-corrected chi connectivity index (χ1v) is 11.7. The Morgan fingerprint density at radius 1 is 1.23 bits per heavy atom. The van der Waals surface area contributed by atoms with Gasteiger partial charge in [0, 0.05) is 64.3 Å². The van der Waals surface area contributed by atoms with E-state index in [1.54, 1.807) is 0 Å². The first-order chi connectivity index (χ1) is 14.4. The number of morpholine rings is 1. The number of hydrogen-bond acceptors (Lipinski definition) is 7. The molecule has 0 aromatic rings. The summed E-state index contributed by atoms with van der Waals surface area (Å²) in [7, 11) is 2.07. The second-order valence-electron chi connectivity index (χ2n) is 9.41. The number of carbonyl (C=O) groups is 1. The summed E-state index contributed by atoms with van der Waals surface area (Å²) in [6.45, 7) is 12.0. The molecule has 0 aromatic heterocycles. The Bertz CT molecular complexity index is 626. The van der Waals surface area contributed by atoms with Crippen LogP contribution in [0.25, 0.3) is 0 Å². The third-order valence-electron chi connectivity index (χ3n) is 7.55. The summed E-state index contributed by atoms with van der Waals surface area (Å²) in [6, 6.07) is 0.129. The standard InChI is InChI=1S/C19H33FN6O2.C2H6/c1-19(12-9-22-24(2)10-12)11-25(5-6-28-19)18-23-15-8-13(20)7-14-16(15)26(18)4-3-21-17(14)27;1-2/h12-16,18,22-23H,3-11H2,1-2H3,(H,21,27);1-2H3/t12?,13?,14?,15?,16?,18?,19-;/m0./s1. The maximum absolute atomic E-state index is 14.4. The van der Waals surface area contributed by atoms with E-state index in [9.17, 15) is 9.18 Å². The molecule has 0 radical (unpaired) electrons. The van der Waals surface area contributed by atoms with E-state index >= 15 is 0 Å². The van der Waals surface area contributed by atoms with Crippen LogP contribution < -0.4 is 16.1 Å². The summed E-state index contributed by atoms with van der Waals surface area (Å²) in [5.41, 5.74) is 3.18. The lowest BCUT2D eigenvalue weighted by molar-refractivity contribution is -0.150. The summed E-state index contributed by atoms with van der Waals surface area (Å²) in [4.78, 5) is 17.4. The van der Waals surface area contributed by atoms with E-state index in [4.69, 9.17) is 4.74 Å². The average molecular weight is 427 g/mol. The van der Waals surface area contributed by atoms with Crippen molar-refractivity contribution >= 4 is 5.91 Å². The molecule has 9 heteroatoms. The number of rotatable bonds is 2. The molecule has 3 N–H and O–H groups in total. The van der Waals surface area contributed by atoms with Crippen molar-refractivity contribution < 1.29 is 13.9 Å². The Kier molecular flexibility index (Phi) is 6.67. The largest absolute Gasteiger partial charge is 0.372 e. The maximum Gasteiger partial charge on any atom is 0.224 e. The molecule has 4 heterocycles. The van der Waals surface area contributed by atoms with Gasteiger partial charge >= 0.3 is 0 Å². The van der Waals surface area contributed by atoms with Gasteiger partial charge in [0.2, 0.25) is 5.91 Å². The minimum absolute atomic E-state index is 0.0224. The molecule has 8 nitrogen and oxygen atoms in total. The number of carbonyl (C=O) groups excluding carboxylic acids is 1. The van der Waals surface area contributed by atoms with Crippen molar-refractivity contribution in [3.8, 4) is 0 Å². The van der Waals surface area contributed by atoms with Crippen LogP contribution in [0, 0.1) is 11.8 Å². The molecule has 30 heavy (non-hydrogen) atoms. The van der Waals surface area contributed by atoms with Crippen molar-refractivity contribution in [2.75, 3.05) is 52.9 Å². The minimum Gasteiger partial charge on any atom is -0.372 e. The van der Waals surface area contributed by atoms with Gasteiger partial charge in [-0.05, 0) is 19.8 Å². The molecule has 1 aliphatic carbocycles. The summed E-state index contributed by atoms with van der Waals surface area (Å²) in [5, 5.41) is 8.84. The summed E-state index contributed by atoms with van der Waals surface area (Å²) < 4.78 is 20.7. The van der Waals surface area contributed by atoms with Gasteiger partial charge in [0.15, 0.2) is 0 Å². The lowest BCUT2D eigenvalue weighted by atomic mass is 9.80. The van der Waals surface area contributed by atoms with E-state index < -0.39 is 6.17 Å². The van der Waals surface area contributed by atoms with Crippen LogP contribution in [0.15, 0.2) is 0 Å². The van der Waals surface area contributed by atoms with Gasteiger partial charge in [0.1, 0.15) is 12.5 Å². The van der Waals surface area contributed by atoms with Crippen molar-refractivity contribution in [3.63, 3.8) is 0 Å². The van der Waals surface area contributed by atoms with Crippen molar-refractivity contribution in [2.24, 2.45) is 11.8 Å². The van der Waals surface area contributed by atoms with Gasteiger partial charge in [-0.2, -0.15) is 0 Å². The second-order valence-corrected chi connectivity index (χ2v) is 9.41. The number of hydrazine groups is 1. The molecule has 7 atom stereocenters. The number of hydrogen-bond donors (Lipinski definition) is 3. The molecule has 0 aromatic carbocycles. The number of ether oxygens (including phenoxy) is 1. The first-order valence-electron chi connectivity index (χ1n) is 11.7. The predicted octanol–water partition coefficient (Wildman–Crippen LogP) is -0.0264. The number of alkyl halides is 1. The zero-order valence-corrected chi connectivity index (χ0v) is 18.9. The topological polar surface area (TPSA) is 72.1 Å². The van der Waals surface area contributed by atoms with E-state index in [0.29, 0.717) is 31.9 Å². The van der Waals surface area contributed by atoms with Crippen LogP contribution in [-0.4, -0.2) is 104 Å². The van der Waals surface area contributed by atoms with Gasteiger partial charge < -0.3 is 10.1 Å². The number of halogens is 1. The first kappa shape index (κ1) is 22.4. The molecule has 0 bridgehead atoms. The summed E-state index contributed by atoms with van der Waals surface area (Å²) in [6.07, 6.45) is -0.0109. The summed E-state index contributed by atoms with van der Waals surface area (Å²) >= 11 is 0. The Labute approximate surface area is 179 Å². The molecule has 4 aliphatic heterocycles. The van der Waals surface area contributed by atoms with Crippen molar-refractivity contribution in [1.82, 2.24) is 30.9 Å². The lowest BCUT2D eigenvalue weighted by Gasteiger charge is -2.47. The highest BCUT2D eigenvalue weighted by molar-refractivity contribution is 5.80. The van der Waals surface area contributed by atoms with Crippen molar-refractivity contribution in [1.29, 1.82) is 0 Å². The fraction of sp³-hybridized carbons (Fsp3) is 0.952. The molecule has 0 spiro atoms. The number of amides is 1. The molecule has 6 unspecified atom stereocenters.